The third kappa shape index (κ3) is 1.39. The molecule has 0 atom stereocenters. The number of anilines is 2. The summed E-state index contributed by atoms with van der Waals surface area (Å²) in [5, 5.41) is 4.17. The van der Waals surface area contributed by atoms with Crippen LogP contribution in [0.25, 0.3) is 10.9 Å². The van der Waals surface area contributed by atoms with E-state index < -0.39 is 0 Å². The predicted molar refractivity (Wildman–Crippen MR) is 68.4 cm³/mol. The molecule has 0 aliphatic carbocycles. The number of halogens is 1. The topological polar surface area (TPSA) is 50.9 Å². The summed E-state index contributed by atoms with van der Waals surface area (Å²) in [6.45, 7) is 0. The Morgan fingerprint density at radius 1 is 1.43 bits per heavy atom. The summed E-state index contributed by atoms with van der Waals surface area (Å²) in [4.78, 5) is 4.32. The Labute approximate surface area is 95.8 Å². The number of aromatic nitrogens is 1. The summed E-state index contributed by atoms with van der Waals surface area (Å²) in [5.41, 5.74) is 8.45. The maximum atomic E-state index is 5.82. The van der Waals surface area contributed by atoms with E-state index in [1.54, 1.807) is 6.20 Å². The number of para-hydroxylation sites is 1. The van der Waals surface area contributed by atoms with Crippen LogP contribution in [0.15, 0.2) is 24.4 Å². The van der Waals surface area contributed by atoms with Crippen molar-refractivity contribution in [3.05, 3.63) is 28.0 Å². The Morgan fingerprint density at radius 2 is 2.21 bits per heavy atom. The van der Waals surface area contributed by atoms with E-state index in [9.17, 15) is 0 Å². The molecular formula is C10H10IN3. The molecule has 3 nitrogen and oxygen atoms in total. The summed E-state index contributed by atoms with van der Waals surface area (Å²) in [5.74, 6) is 0. The smallest absolute Gasteiger partial charge is 0.0857 e. The van der Waals surface area contributed by atoms with Crippen LogP contribution in [-0.4, -0.2) is 12.0 Å². The molecule has 0 saturated carbocycles. The van der Waals surface area contributed by atoms with Crippen molar-refractivity contribution in [2.45, 2.75) is 0 Å². The summed E-state index contributed by atoms with van der Waals surface area (Å²) >= 11 is 2.27. The lowest BCUT2D eigenvalue weighted by molar-refractivity contribution is 1.39. The van der Waals surface area contributed by atoms with Gasteiger partial charge in [0.25, 0.3) is 0 Å². The quantitative estimate of drug-likeness (QED) is 0.795. The van der Waals surface area contributed by atoms with E-state index in [1.807, 2.05) is 25.2 Å². The van der Waals surface area contributed by atoms with Gasteiger partial charge in [0.15, 0.2) is 0 Å². The minimum Gasteiger partial charge on any atom is -0.396 e. The van der Waals surface area contributed by atoms with Gasteiger partial charge in [-0.25, -0.2) is 0 Å². The number of benzene rings is 1. The molecule has 0 fully saturated rings. The van der Waals surface area contributed by atoms with Crippen LogP contribution < -0.4 is 11.1 Å². The molecule has 0 amide bonds. The highest BCUT2D eigenvalue weighted by Crippen LogP contribution is 2.29. The average molecular weight is 299 g/mol. The van der Waals surface area contributed by atoms with E-state index in [2.05, 4.69) is 32.9 Å². The number of nitrogens with two attached hydrogens (primary N) is 1. The Morgan fingerprint density at radius 3 is 2.93 bits per heavy atom. The van der Waals surface area contributed by atoms with Gasteiger partial charge in [-0.2, -0.15) is 0 Å². The molecule has 0 bridgehead atoms. The van der Waals surface area contributed by atoms with Gasteiger partial charge in [0, 0.05) is 16.0 Å². The van der Waals surface area contributed by atoms with Crippen molar-refractivity contribution in [2.75, 3.05) is 18.1 Å². The maximum absolute atomic E-state index is 5.82. The number of nitrogens with one attached hydrogen (secondary N) is 1. The molecule has 0 radical (unpaired) electrons. The van der Waals surface area contributed by atoms with Crippen LogP contribution in [0.3, 0.4) is 0 Å². The molecule has 1 aromatic carbocycles. The summed E-state index contributed by atoms with van der Waals surface area (Å²) < 4.78 is 1.14. The van der Waals surface area contributed by atoms with Crippen LogP contribution in [0.5, 0.6) is 0 Å². The highest BCUT2D eigenvalue weighted by molar-refractivity contribution is 14.1. The standard InChI is InChI=1S/C10H10IN3/c1-13-10-6-3-2-4-7(11)9(6)14-5-8(10)12/h2-5H,12H2,1H3,(H,13,14). The number of pyridine rings is 1. The second-order valence-electron chi connectivity index (χ2n) is 2.97. The van der Waals surface area contributed by atoms with Crippen molar-refractivity contribution in [2.24, 2.45) is 0 Å². The van der Waals surface area contributed by atoms with E-state index in [0.717, 1.165) is 20.2 Å². The van der Waals surface area contributed by atoms with Gasteiger partial charge in [-0.05, 0) is 28.7 Å². The third-order valence-electron chi connectivity index (χ3n) is 2.13. The molecule has 2 aromatic rings. The number of nitrogens with zero attached hydrogens (tertiary/aromatic N) is 1. The zero-order chi connectivity index (χ0) is 10.1. The zero-order valence-corrected chi connectivity index (χ0v) is 9.87. The van der Waals surface area contributed by atoms with E-state index in [0.29, 0.717) is 5.69 Å². The minimum absolute atomic E-state index is 0.682. The molecule has 1 heterocycles. The van der Waals surface area contributed by atoms with Crippen molar-refractivity contribution in [3.63, 3.8) is 0 Å². The van der Waals surface area contributed by atoms with Crippen LogP contribution in [0, 0.1) is 3.57 Å². The number of fused-ring (bicyclic) bond motifs is 1. The minimum atomic E-state index is 0.682. The van der Waals surface area contributed by atoms with Gasteiger partial charge >= 0.3 is 0 Å². The Balaban J connectivity index is 2.88. The van der Waals surface area contributed by atoms with E-state index in [4.69, 9.17) is 5.73 Å². The SMILES string of the molecule is CNc1c(N)cnc2c(I)cccc12. The van der Waals surface area contributed by atoms with Crippen molar-refractivity contribution < 1.29 is 0 Å². The van der Waals surface area contributed by atoms with Gasteiger partial charge in [0.1, 0.15) is 0 Å². The molecule has 1 aromatic heterocycles. The molecule has 72 valence electrons. The Kier molecular flexibility index (Phi) is 2.45. The molecule has 3 N–H and O–H groups in total. The van der Waals surface area contributed by atoms with Crippen LogP contribution >= 0.6 is 22.6 Å². The van der Waals surface area contributed by atoms with Gasteiger partial charge in [0.2, 0.25) is 0 Å². The van der Waals surface area contributed by atoms with Gasteiger partial charge < -0.3 is 11.1 Å². The highest BCUT2D eigenvalue weighted by atomic mass is 127. The van der Waals surface area contributed by atoms with Gasteiger partial charge in [-0.1, -0.05) is 12.1 Å². The third-order valence-corrected chi connectivity index (χ3v) is 3.00. The molecule has 0 spiro atoms. The zero-order valence-electron chi connectivity index (χ0n) is 7.71. The van der Waals surface area contributed by atoms with Crippen molar-refractivity contribution in [3.8, 4) is 0 Å². The summed E-state index contributed by atoms with van der Waals surface area (Å²) in [6.07, 6.45) is 1.69. The Bertz CT molecular complexity index is 482. The number of hydrogen-bond acceptors (Lipinski definition) is 3. The van der Waals surface area contributed by atoms with E-state index in [1.165, 1.54) is 0 Å². The molecular weight excluding hydrogens is 289 g/mol. The molecule has 0 saturated heterocycles. The lowest BCUT2D eigenvalue weighted by Crippen LogP contribution is -1.98. The molecule has 2 rings (SSSR count). The monoisotopic (exact) mass is 299 g/mol. The van der Waals surface area contributed by atoms with Crippen LogP contribution in [-0.2, 0) is 0 Å². The van der Waals surface area contributed by atoms with Gasteiger partial charge in [0.05, 0.1) is 23.1 Å². The normalized spacial score (nSPS) is 10.4. The maximum Gasteiger partial charge on any atom is 0.0857 e. The Hall–Kier alpha value is -1.04. The number of hydrogen-bond donors (Lipinski definition) is 2. The lowest BCUT2D eigenvalue weighted by Gasteiger charge is -2.09. The van der Waals surface area contributed by atoms with Crippen LogP contribution in [0.4, 0.5) is 11.4 Å². The predicted octanol–water partition coefficient (Wildman–Crippen LogP) is 2.46. The van der Waals surface area contributed by atoms with Gasteiger partial charge in [-0.15, -0.1) is 0 Å². The molecule has 0 aliphatic rings. The molecule has 4 heteroatoms. The second kappa shape index (κ2) is 3.61. The number of nitrogen functional groups attached to an aromatic ring is 1. The fourth-order valence-corrected chi connectivity index (χ4v) is 2.12. The van der Waals surface area contributed by atoms with Crippen molar-refractivity contribution >= 4 is 44.9 Å². The fraction of sp³-hybridized carbons (Fsp3) is 0.100. The molecule has 0 aliphatic heterocycles. The van der Waals surface area contributed by atoms with E-state index in [-0.39, 0.29) is 0 Å². The van der Waals surface area contributed by atoms with Crippen LogP contribution in [0.2, 0.25) is 0 Å². The first-order chi connectivity index (χ1) is 6.74. The van der Waals surface area contributed by atoms with Gasteiger partial charge in [-0.3, -0.25) is 4.98 Å². The van der Waals surface area contributed by atoms with Crippen LogP contribution in [0.1, 0.15) is 0 Å². The average Bonchev–Trinajstić information content (AvgIpc) is 2.18. The fourth-order valence-electron chi connectivity index (χ4n) is 1.48. The molecule has 14 heavy (non-hydrogen) atoms. The highest BCUT2D eigenvalue weighted by Gasteiger charge is 2.06. The second-order valence-corrected chi connectivity index (χ2v) is 4.14. The summed E-state index contributed by atoms with van der Waals surface area (Å²) in [7, 11) is 1.87. The largest absolute Gasteiger partial charge is 0.396 e. The first kappa shape index (κ1) is 9.51. The first-order valence-electron chi connectivity index (χ1n) is 4.24. The summed E-state index contributed by atoms with van der Waals surface area (Å²) in [6, 6.07) is 6.06. The number of rotatable bonds is 1. The lowest BCUT2D eigenvalue weighted by atomic mass is 10.1. The van der Waals surface area contributed by atoms with Crippen molar-refractivity contribution in [1.29, 1.82) is 0 Å². The first-order valence-corrected chi connectivity index (χ1v) is 5.32. The van der Waals surface area contributed by atoms with E-state index >= 15 is 0 Å². The molecule has 0 unspecified atom stereocenters. The van der Waals surface area contributed by atoms with Crippen molar-refractivity contribution in [1.82, 2.24) is 4.98 Å².